The monoisotopic (exact) mass is 200 g/mol. The molecule has 0 aromatic rings. The van der Waals surface area contributed by atoms with Crippen molar-refractivity contribution in [2.24, 2.45) is 0 Å². The van der Waals surface area contributed by atoms with Crippen LogP contribution in [0.5, 0.6) is 0 Å². The molecule has 0 aromatic carbocycles. The Labute approximate surface area is 86.0 Å². The van der Waals surface area contributed by atoms with Gasteiger partial charge >= 0.3 is 0 Å². The van der Waals surface area contributed by atoms with Crippen LogP contribution in [0.4, 0.5) is 0 Å². The van der Waals surface area contributed by atoms with E-state index in [1.54, 1.807) is 7.11 Å². The lowest BCUT2D eigenvalue weighted by Gasteiger charge is -2.26. The molecule has 14 heavy (non-hydrogen) atoms. The standard InChI is InChI=1S/C11H20O3/c1-5-6-7-8-10(2)13-9-11(3,12-4)14-10/h5-6H,7-9H2,1-4H3/b6-5+. The van der Waals surface area contributed by atoms with E-state index < -0.39 is 11.6 Å². The van der Waals surface area contributed by atoms with Gasteiger partial charge in [0.05, 0.1) is 0 Å². The van der Waals surface area contributed by atoms with Crippen molar-refractivity contribution in [3.63, 3.8) is 0 Å². The zero-order valence-electron chi connectivity index (χ0n) is 9.50. The van der Waals surface area contributed by atoms with E-state index in [4.69, 9.17) is 14.2 Å². The summed E-state index contributed by atoms with van der Waals surface area (Å²) in [7, 11) is 1.64. The summed E-state index contributed by atoms with van der Waals surface area (Å²) in [4.78, 5) is 0. The molecule has 0 aromatic heterocycles. The molecular weight excluding hydrogens is 180 g/mol. The summed E-state index contributed by atoms with van der Waals surface area (Å²) < 4.78 is 16.6. The molecule has 1 aliphatic rings. The third kappa shape index (κ3) is 2.80. The Morgan fingerprint density at radius 1 is 1.43 bits per heavy atom. The lowest BCUT2D eigenvalue weighted by atomic mass is 10.1. The minimum atomic E-state index is -0.579. The fourth-order valence-corrected chi connectivity index (χ4v) is 1.54. The van der Waals surface area contributed by atoms with Crippen LogP contribution in [0.3, 0.4) is 0 Å². The van der Waals surface area contributed by atoms with Gasteiger partial charge in [-0.05, 0) is 27.2 Å². The molecule has 0 spiro atoms. The van der Waals surface area contributed by atoms with Crippen molar-refractivity contribution in [2.45, 2.75) is 45.2 Å². The summed E-state index contributed by atoms with van der Waals surface area (Å²) in [6.45, 7) is 6.36. The third-order valence-corrected chi connectivity index (χ3v) is 2.50. The van der Waals surface area contributed by atoms with E-state index in [0.717, 1.165) is 12.8 Å². The number of hydrogen-bond donors (Lipinski definition) is 0. The maximum Gasteiger partial charge on any atom is 0.191 e. The van der Waals surface area contributed by atoms with Gasteiger partial charge in [0, 0.05) is 13.5 Å². The highest BCUT2D eigenvalue weighted by atomic mass is 16.8. The van der Waals surface area contributed by atoms with Crippen molar-refractivity contribution < 1.29 is 14.2 Å². The molecule has 2 atom stereocenters. The highest BCUT2D eigenvalue weighted by Crippen LogP contribution is 2.34. The van der Waals surface area contributed by atoms with Crippen LogP contribution < -0.4 is 0 Å². The summed E-state index contributed by atoms with van der Waals surface area (Å²) in [5, 5.41) is 0. The molecule has 3 nitrogen and oxygen atoms in total. The van der Waals surface area contributed by atoms with Crippen LogP contribution >= 0.6 is 0 Å². The van der Waals surface area contributed by atoms with Crippen LogP contribution in [0, 0.1) is 0 Å². The molecule has 0 amide bonds. The molecule has 1 fully saturated rings. The van der Waals surface area contributed by atoms with Gasteiger partial charge in [-0.25, -0.2) is 0 Å². The summed E-state index contributed by atoms with van der Waals surface area (Å²) in [6.07, 6.45) is 5.97. The Morgan fingerprint density at radius 3 is 2.64 bits per heavy atom. The smallest absolute Gasteiger partial charge is 0.191 e. The van der Waals surface area contributed by atoms with Gasteiger partial charge in [-0.2, -0.15) is 0 Å². The van der Waals surface area contributed by atoms with Crippen molar-refractivity contribution in [1.29, 1.82) is 0 Å². The zero-order valence-corrected chi connectivity index (χ0v) is 9.50. The first-order chi connectivity index (χ1) is 6.54. The number of rotatable bonds is 4. The van der Waals surface area contributed by atoms with Crippen LogP contribution in [-0.2, 0) is 14.2 Å². The topological polar surface area (TPSA) is 27.7 Å². The molecule has 0 bridgehead atoms. The second-order valence-electron chi connectivity index (χ2n) is 3.97. The highest BCUT2D eigenvalue weighted by molar-refractivity contribution is 4.83. The van der Waals surface area contributed by atoms with Crippen molar-refractivity contribution in [2.75, 3.05) is 13.7 Å². The lowest BCUT2D eigenvalue weighted by Crippen LogP contribution is -2.34. The van der Waals surface area contributed by atoms with Crippen LogP contribution in [0.25, 0.3) is 0 Å². The maximum atomic E-state index is 5.75. The Hall–Kier alpha value is -0.380. The molecule has 0 radical (unpaired) electrons. The second kappa shape index (κ2) is 4.43. The maximum absolute atomic E-state index is 5.75. The molecule has 0 saturated carbocycles. The van der Waals surface area contributed by atoms with Gasteiger partial charge in [-0.1, -0.05) is 12.2 Å². The van der Waals surface area contributed by atoms with Crippen LogP contribution in [-0.4, -0.2) is 25.3 Å². The van der Waals surface area contributed by atoms with Crippen molar-refractivity contribution in [3.05, 3.63) is 12.2 Å². The minimum Gasteiger partial charge on any atom is -0.351 e. The fraction of sp³-hybridized carbons (Fsp3) is 0.818. The molecule has 82 valence electrons. The number of ether oxygens (including phenoxy) is 3. The Morgan fingerprint density at radius 2 is 2.14 bits per heavy atom. The number of allylic oxidation sites excluding steroid dienone is 2. The zero-order chi connectivity index (χ0) is 10.7. The molecular formula is C11H20O3. The Bertz CT molecular complexity index is 215. The summed E-state index contributed by atoms with van der Waals surface area (Å²) in [5.74, 6) is -1.07. The Kier molecular flexibility index (Phi) is 3.70. The van der Waals surface area contributed by atoms with Gasteiger partial charge in [0.25, 0.3) is 0 Å². The van der Waals surface area contributed by atoms with Crippen molar-refractivity contribution in [1.82, 2.24) is 0 Å². The molecule has 1 aliphatic heterocycles. The van der Waals surface area contributed by atoms with Gasteiger partial charge in [-0.15, -0.1) is 0 Å². The van der Waals surface area contributed by atoms with Gasteiger partial charge in [0.1, 0.15) is 6.61 Å². The second-order valence-corrected chi connectivity index (χ2v) is 3.97. The van der Waals surface area contributed by atoms with E-state index in [2.05, 4.69) is 6.08 Å². The van der Waals surface area contributed by atoms with E-state index in [1.807, 2.05) is 26.8 Å². The van der Waals surface area contributed by atoms with Gasteiger partial charge in [0.15, 0.2) is 11.6 Å². The molecule has 1 saturated heterocycles. The van der Waals surface area contributed by atoms with Crippen LogP contribution in [0.15, 0.2) is 12.2 Å². The average Bonchev–Trinajstić information content (AvgIpc) is 2.45. The van der Waals surface area contributed by atoms with E-state index in [1.165, 1.54) is 0 Å². The molecule has 1 rings (SSSR count). The van der Waals surface area contributed by atoms with E-state index in [0.29, 0.717) is 6.61 Å². The first-order valence-corrected chi connectivity index (χ1v) is 5.04. The molecule has 3 heteroatoms. The summed E-state index contributed by atoms with van der Waals surface area (Å²) in [6, 6.07) is 0. The normalized spacial score (nSPS) is 38.3. The minimum absolute atomic E-state index is 0.496. The van der Waals surface area contributed by atoms with E-state index in [9.17, 15) is 0 Å². The van der Waals surface area contributed by atoms with Gasteiger partial charge in [-0.3, -0.25) is 0 Å². The first kappa shape index (κ1) is 11.7. The fourth-order valence-electron chi connectivity index (χ4n) is 1.54. The largest absolute Gasteiger partial charge is 0.351 e. The van der Waals surface area contributed by atoms with Gasteiger partial charge in [0.2, 0.25) is 0 Å². The number of methoxy groups -OCH3 is 1. The molecule has 2 unspecified atom stereocenters. The molecule has 0 aliphatic carbocycles. The summed E-state index contributed by atoms with van der Waals surface area (Å²) >= 11 is 0. The average molecular weight is 200 g/mol. The summed E-state index contributed by atoms with van der Waals surface area (Å²) in [5.41, 5.74) is 0. The van der Waals surface area contributed by atoms with E-state index in [-0.39, 0.29) is 0 Å². The van der Waals surface area contributed by atoms with Crippen LogP contribution in [0.2, 0.25) is 0 Å². The quantitative estimate of drug-likeness (QED) is 0.652. The van der Waals surface area contributed by atoms with Gasteiger partial charge < -0.3 is 14.2 Å². The third-order valence-electron chi connectivity index (χ3n) is 2.50. The van der Waals surface area contributed by atoms with Crippen LogP contribution in [0.1, 0.15) is 33.6 Å². The van der Waals surface area contributed by atoms with Crippen molar-refractivity contribution >= 4 is 0 Å². The lowest BCUT2D eigenvalue weighted by molar-refractivity contribution is -0.242. The van der Waals surface area contributed by atoms with Crippen molar-refractivity contribution in [3.8, 4) is 0 Å². The van der Waals surface area contributed by atoms with E-state index >= 15 is 0 Å². The predicted molar refractivity (Wildman–Crippen MR) is 54.9 cm³/mol. The number of hydrogen-bond acceptors (Lipinski definition) is 3. The molecule has 1 heterocycles. The predicted octanol–water partition coefficient (Wildman–Crippen LogP) is 2.47. The highest BCUT2D eigenvalue weighted by Gasteiger charge is 2.44. The SMILES string of the molecule is C/C=C/CCC1(C)OCC(C)(OC)O1. The molecule has 0 N–H and O–H groups in total. The first-order valence-electron chi connectivity index (χ1n) is 5.04. The Balaban J connectivity index is 2.45.